The van der Waals surface area contributed by atoms with Gasteiger partial charge in [-0.2, -0.15) is 0 Å². The van der Waals surface area contributed by atoms with Crippen molar-refractivity contribution < 1.29 is 0 Å². The van der Waals surface area contributed by atoms with E-state index >= 15 is 0 Å². The fourth-order valence-corrected chi connectivity index (χ4v) is 1.89. The molecule has 0 spiro atoms. The summed E-state index contributed by atoms with van der Waals surface area (Å²) in [6.07, 6.45) is 8.15. The van der Waals surface area contributed by atoms with Gasteiger partial charge in [-0.3, -0.25) is 0 Å². The van der Waals surface area contributed by atoms with Crippen LogP contribution < -0.4 is 16.9 Å². The summed E-state index contributed by atoms with van der Waals surface area (Å²) < 4.78 is 0. The topological polar surface area (TPSA) is 76.4 Å². The van der Waals surface area contributed by atoms with Crippen LogP contribution in [0.5, 0.6) is 0 Å². The quantitative estimate of drug-likeness (QED) is 0.261. The number of nitrogens with zero attached hydrogens (tertiary/aromatic N) is 1. The molecule has 0 bridgehead atoms. The van der Waals surface area contributed by atoms with Gasteiger partial charge in [0.1, 0.15) is 0 Å². The fraction of sp³-hybridized carbons (Fsp3) is 0.889. The van der Waals surface area contributed by atoms with Crippen LogP contribution in [0.3, 0.4) is 0 Å². The summed E-state index contributed by atoms with van der Waals surface area (Å²) in [4.78, 5) is 0. The molecule has 1 rings (SSSR count). The Morgan fingerprint density at radius 1 is 1.23 bits per heavy atom. The predicted octanol–water partition coefficient (Wildman–Crippen LogP) is 0.735. The lowest BCUT2D eigenvalue weighted by Gasteiger charge is -2.20. The van der Waals surface area contributed by atoms with Crippen molar-refractivity contribution in [3.05, 3.63) is 0 Å². The van der Waals surface area contributed by atoms with Crippen LogP contribution in [-0.4, -0.2) is 12.5 Å². The third kappa shape index (κ3) is 4.60. The van der Waals surface area contributed by atoms with Gasteiger partial charge in [0.15, 0.2) is 0 Å². The first kappa shape index (κ1) is 10.2. The number of hydrogen-bond donors (Lipinski definition) is 3. The Kier molecular flexibility index (Phi) is 4.43. The van der Waals surface area contributed by atoms with E-state index < -0.39 is 0 Å². The molecule has 1 aliphatic rings. The summed E-state index contributed by atoms with van der Waals surface area (Å²) in [6.45, 7) is 0.891. The van der Waals surface area contributed by atoms with Crippen LogP contribution in [-0.2, 0) is 0 Å². The molecule has 0 unspecified atom stereocenters. The highest BCUT2D eigenvalue weighted by atomic mass is 15.3. The molecule has 0 amide bonds. The average Bonchev–Trinajstić information content (AvgIpc) is 2.14. The highest BCUT2D eigenvalue weighted by Gasteiger charge is 2.12. The van der Waals surface area contributed by atoms with Crippen LogP contribution in [0.15, 0.2) is 5.10 Å². The lowest BCUT2D eigenvalue weighted by molar-refractivity contribution is 0.335. The minimum absolute atomic E-state index is 0.114. The van der Waals surface area contributed by atoms with Crippen molar-refractivity contribution >= 4 is 5.96 Å². The number of hydrogen-bond acceptors (Lipinski definition) is 2. The summed E-state index contributed by atoms with van der Waals surface area (Å²) in [5.41, 5.74) is 13.2. The lowest BCUT2D eigenvalue weighted by Crippen LogP contribution is -2.27. The van der Waals surface area contributed by atoms with Crippen molar-refractivity contribution in [3.63, 3.8) is 0 Å². The van der Waals surface area contributed by atoms with Gasteiger partial charge in [0.05, 0.1) is 0 Å². The Morgan fingerprint density at radius 2 is 1.92 bits per heavy atom. The van der Waals surface area contributed by atoms with E-state index in [1.165, 1.54) is 38.5 Å². The molecule has 0 radical (unpaired) electrons. The zero-order chi connectivity index (χ0) is 9.52. The Hall–Kier alpha value is -0.930. The molecule has 76 valence electrons. The predicted molar refractivity (Wildman–Crippen MR) is 55.0 cm³/mol. The minimum Gasteiger partial charge on any atom is -0.369 e. The molecule has 0 heterocycles. The van der Waals surface area contributed by atoms with Gasteiger partial charge in [0, 0.05) is 6.54 Å². The fourth-order valence-electron chi connectivity index (χ4n) is 1.89. The molecule has 4 nitrogen and oxygen atoms in total. The van der Waals surface area contributed by atoms with Gasteiger partial charge in [-0.25, -0.2) is 0 Å². The SMILES string of the molecule is NC(N)=NNCCC1CCCCC1. The molecule has 0 saturated heterocycles. The average molecular weight is 184 g/mol. The van der Waals surface area contributed by atoms with E-state index in [0.717, 1.165) is 12.5 Å². The maximum absolute atomic E-state index is 5.18. The molecule has 0 aliphatic heterocycles. The van der Waals surface area contributed by atoms with E-state index in [9.17, 15) is 0 Å². The van der Waals surface area contributed by atoms with E-state index in [1.54, 1.807) is 0 Å². The maximum Gasteiger partial charge on any atom is 0.208 e. The molecule has 1 saturated carbocycles. The van der Waals surface area contributed by atoms with Gasteiger partial charge in [-0.05, 0) is 12.3 Å². The number of nitrogens with two attached hydrogens (primary N) is 2. The zero-order valence-electron chi connectivity index (χ0n) is 8.13. The largest absolute Gasteiger partial charge is 0.369 e. The van der Waals surface area contributed by atoms with Crippen molar-refractivity contribution in [2.75, 3.05) is 6.54 Å². The van der Waals surface area contributed by atoms with Crippen LogP contribution in [0.25, 0.3) is 0 Å². The van der Waals surface area contributed by atoms with E-state index in [2.05, 4.69) is 10.5 Å². The van der Waals surface area contributed by atoms with Crippen molar-refractivity contribution in [3.8, 4) is 0 Å². The molecule has 0 aromatic rings. The second kappa shape index (κ2) is 5.67. The second-order valence-electron chi connectivity index (χ2n) is 3.74. The van der Waals surface area contributed by atoms with Gasteiger partial charge in [0.2, 0.25) is 5.96 Å². The Balaban J connectivity index is 2.01. The third-order valence-corrected chi connectivity index (χ3v) is 2.60. The molecule has 0 aromatic heterocycles. The van der Waals surface area contributed by atoms with Crippen LogP contribution >= 0.6 is 0 Å². The third-order valence-electron chi connectivity index (χ3n) is 2.60. The van der Waals surface area contributed by atoms with Gasteiger partial charge in [-0.1, -0.05) is 32.1 Å². The first-order valence-electron chi connectivity index (χ1n) is 5.10. The first-order valence-corrected chi connectivity index (χ1v) is 5.10. The smallest absolute Gasteiger partial charge is 0.208 e. The summed E-state index contributed by atoms with van der Waals surface area (Å²) >= 11 is 0. The first-order chi connectivity index (χ1) is 6.29. The van der Waals surface area contributed by atoms with E-state index in [4.69, 9.17) is 11.5 Å². The van der Waals surface area contributed by atoms with Crippen molar-refractivity contribution in [2.45, 2.75) is 38.5 Å². The molecule has 4 heteroatoms. The molecular weight excluding hydrogens is 164 g/mol. The molecular formula is C9H20N4. The maximum atomic E-state index is 5.18. The van der Waals surface area contributed by atoms with E-state index in [0.29, 0.717) is 0 Å². The standard InChI is InChI=1S/C9H20N4/c10-9(11)13-12-7-6-8-4-2-1-3-5-8/h8,12H,1-7H2,(H4,10,11,13). The van der Waals surface area contributed by atoms with E-state index in [-0.39, 0.29) is 5.96 Å². The lowest BCUT2D eigenvalue weighted by atomic mass is 9.87. The Bertz CT molecular complexity index is 157. The van der Waals surface area contributed by atoms with Gasteiger partial charge >= 0.3 is 0 Å². The van der Waals surface area contributed by atoms with Gasteiger partial charge in [-0.15, -0.1) is 5.10 Å². The molecule has 1 fully saturated rings. The summed E-state index contributed by atoms with van der Waals surface area (Å²) in [6, 6.07) is 0. The van der Waals surface area contributed by atoms with Crippen LogP contribution in [0, 0.1) is 5.92 Å². The molecule has 1 aliphatic carbocycles. The summed E-state index contributed by atoms with van der Waals surface area (Å²) in [5.74, 6) is 0.999. The molecule has 13 heavy (non-hydrogen) atoms. The van der Waals surface area contributed by atoms with Crippen LogP contribution in [0.1, 0.15) is 38.5 Å². The number of hydrazone groups is 1. The highest BCUT2D eigenvalue weighted by molar-refractivity contribution is 5.75. The number of nitrogens with one attached hydrogen (secondary N) is 1. The molecule has 0 atom stereocenters. The molecule has 5 N–H and O–H groups in total. The second-order valence-corrected chi connectivity index (χ2v) is 3.74. The Labute approximate surface area is 79.7 Å². The monoisotopic (exact) mass is 184 g/mol. The van der Waals surface area contributed by atoms with Gasteiger partial charge in [0.25, 0.3) is 0 Å². The van der Waals surface area contributed by atoms with Crippen LogP contribution in [0.2, 0.25) is 0 Å². The summed E-state index contributed by atoms with van der Waals surface area (Å²) in [7, 11) is 0. The minimum atomic E-state index is 0.114. The zero-order valence-corrected chi connectivity index (χ0v) is 8.13. The highest BCUT2D eigenvalue weighted by Crippen LogP contribution is 2.25. The number of rotatable bonds is 4. The number of guanidine groups is 1. The summed E-state index contributed by atoms with van der Waals surface area (Å²) in [5, 5.41) is 3.73. The normalized spacial score (nSPS) is 18.2. The Morgan fingerprint density at radius 3 is 2.54 bits per heavy atom. The van der Waals surface area contributed by atoms with Crippen molar-refractivity contribution in [1.29, 1.82) is 0 Å². The van der Waals surface area contributed by atoms with E-state index in [1.807, 2.05) is 0 Å². The van der Waals surface area contributed by atoms with Crippen molar-refractivity contribution in [2.24, 2.45) is 22.5 Å². The van der Waals surface area contributed by atoms with Crippen molar-refractivity contribution in [1.82, 2.24) is 5.43 Å². The molecule has 0 aromatic carbocycles. The van der Waals surface area contributed by atoms with Gasteiger partial charge < -0.3 is 16.9 Å². The van der Waals surface area contributed by atoms with Crippen LogP contribution in [0.4, 0.5) is 0 Å².